The highest BCUT2D eigenvalue weighted by molar-refractivity contribution is 7.89. The zero-order valence-electron chi connectivity index (χ0n) is 18.0. The Morgan fingerprint density at radius 2 is 1.75 bits per heavy atom. The number of hydrogen-bond acceptors (Lipinski definition) is 8. The maximum atomic E-state index is 12.9. The Labute approximate surface area is 186 Å². The molecule has 0 unspecified atom stereocenters. The molecule has 1 atom stereocenters. The first-order chi connectivity index (χ1) is 15.2. The number of nitrogens with one attached hydrogen (secondary N) is 1. The lowest BCUT2D eigenvalue weighted by atomic mass is 10.1. The van der Waals surface area contributed by atoms with Crippen molar-refractivity contribution in [3.63, 3.8) is 0 Å². The van der Waals surface area contributed by atoms with E-state index in [0.29, 0.717) is 30.5 Å². The largest absolute Gasteiger partial charge is 0.496 e. The quantitative estimate of drug-likeness (QED) is 0.444. The molecule has 0 spiro atoms. The van der Waals surface area contributed by atoms with Crippen molar-refractivity contribution in [3.05, 3.63) is 48.0 Å². The number of rotatable bonds is 9. The van der Waals surface area contributed by atoms with E-state index in [4.69, 9.17) is 18.9 Å². The van der Waals surface area contributed by atoms with Gasteiger partial charge in [0.05, 0.1) is 17.6 Å². The fourth-order valence-corrected chi connectivity index (χ4v) is 4.41. The monoisotopic (exact) mass is 463 g/mol. The number of hydrogen-bond donors (Lipinski definition) is 1. The summed E-state index contributed by atoms with van der Waals surface area (Å²) in [6, 6.07) is 9.55. The molecule has 0 radical (unpaired) electrons. The van der Waals surface area contributed by atoms with Gasteiger partial charge in [-0.1, -0.05) is 26.0 Å². The second kappa shape index (κ2) is 10.0. The molecule has 1 aliphatic rings. The number of methoxy groups -OCH3 is 1. The van der Waals surface area contributed by atoms with Gasteiger partial charge in [-0.15, -0.1) is 0 Å². The molecule has 1 N–H and O–H groups in total. The van der Waals surface area contributed by atoms with Crippen LogP contribution in [-0.4, -0.2) is 53.1 Å². The standard InChI is InChI=1S/C22H25NO8S/c1-14(2)21(22(25)31-13-17(24)16-6-4-5-7-18(16)28-3)23-32(26,27)15-8-9-19-20(12-15)30-11-10-29-19/h4-9,12,14,21,23H,10-11,13H2,1-3H3/t21-/m0/s1. The molecular weight excluding hydrogens is 438 g/mol. The second-order valence-electron chi connectivity index (χ2n) is 7.38. The second-order valence-corrected chi connectivity index (χ2v) is 9.09. The van der Waals surface area contributed by atoms with E-state index in [2.05, 4.69) is 4.72 Å². The van der Waals surface area contributed by atoms with Crippen LogP contribution in [0.3, 0.4) is 0 Å². The van der Waals surface area contributed by atoms with Gasteiger partial charge in [-0.25, -0.2) is 8.42 Å². The van der Waals surface area contributed by atoms with E-state index in [-0.39, 0.29) is 10.5 Å². The lowest BCUT2D eigenvalue weighted by Gasteiger charge is -2.22. The SMILES string of the molecule is COc1ccccc1C(=O)COC(=O)[C@@H](NS(=O)(=O)c1ccc2c(c1)OCCO2)C(C)C. The van der Waals surface area contributed by atoms with Crippen LogP contribution in [0.5, 0.6) is 17.2 Å². The van der Waals surface area contributed by atoms with Crippen LogP contribution >= 0.6 is 0 Å². The molecule has 0 aromatic heterocycles. The minimum atomic E-state index is -4.08. The Morgan fingerprint density at radius 1 is 1.06 bits per heavy atom. The van der Waals surface area contributed by atoms with E-state index in [1.807, 2.05) is 0 Å². The van der Waals surface area contributed by atoms with Crippen molar-refractivity contribution in [2.75, 3.05) is 26.9 Å². The summed E-state index contributed by atoms with van der Waals surface area (Å²) in [5.41, 5.74) is 0.265. The smallest absolute Gasteiger partial charge is 0.324 e. The summed E-state index contributed by atoms with van der Waals surface area (Å²) in [6.07, 6.45) is 0. The molecule has 0 amide bonds. The van der Waals surface area contributed by atoms with Crippen LogP contribution in [-0.2, 0) is 19.6 Å². The number of esters is 1. The van der Waals surface area contributed by atoms with Crippen LogP contribution in [0.1, 0.15) is 24.2 Å². The number of Topliss-reactive ketones (excluding diaryl/α,β-unsaturated/α-hetero) is 1. The number of fused-ring (bicyclic) bond motifs is 1. The summed E-state index contributed by atoms with van der Waals surface area (Å²) < 4.78 is 49.2. The Hall–Kier alpha value is -3.11. The molecule has 10 heteroatoms. The third-order valence-corrected chi connectivity index (χ3v) is 6.22. The van der Waals surface area contributed by atoms with E-state index >= 15 is 0 Å². The highest BCUT2D eigenvalue weighted by Gasteiger charge is 2.31. The molecule has 32 heavy (non-hydrogen) atoms. The van der Waals surface area contributed by atoms with Crippen LogP contribution < -0.4 is 18.9 Å². The lowest BCUT2D eigenvalue weighted by molar-refractivity contribution is -0.145. The molecule has 0 fully saturated rings. The Bertz CT molecular complexity index is 1100. The van der Waals surface area contributed by atoms with Gasteiger partial charge in [-0.05, 0) is 30.2 Å². The predicted octanol–water partition coefficient (Wildman–Crippen LogP) is 2.20. The van der Waals surface area contributed by atoms with Crippen molar-refractivity contribution in [2.45, 2.75) is 24.8 Å². The third kappa shape index (κ3) is 5.38. The van der Waals surface area contributed by atoms with Crippen molar-refractivity contribution >= 4 is 21.8 Å². The number of benzene rings is 2. The Kier molecular flexibility index (Phi) is 7.37. The zero-order valence-corrected chi connectivity index (χ0v) is 18.8. The van der Waals surface area contributed by atoms with E-state index in [1.165, 1.54) is 25.3 Å². The number of ether oxygens (including phenoxy) is 4. The molecule has 9 nitrogen and oxygen atoms in total. The minimum Gasteiger partial charge on any atom is -0.496 e. The van der Waals surface area contributed by atoms with Crippen LogP contribution in [0, 0.1) is 5.92 Å². The van der Waals surface area contributed by atoms with Gasteiger partial charge in [0.2, 0.25) is 15.8 Å². The highest BCUT2D eigenvalue weighted by atomic mass is 32.2. The van der Waals surface area contributed by atoms with Gasteiger partial charge in [0.1, 0.15) is 25.0 Å². The van der Waals surface area contributed by atoms with Crippen LogP contribution in [0.15, 0.2) is 47.4 Å². The molecule has 172 valence electrons. The highest BCUT2D eigenvalue weighted by Crippen LogP contribution is 2.32. The molecule has 0 saturated heterocycles. The van der Waals surface area contributed by atoms with Crippen LogP contribution in [0.25, 0.3) is 0 Å². The maximum absolute atomic E-state index is 12.9. The number of ketones is 1. The molecule has 0 aliphatic carbocycles. The first-order valence-electron chi connectivity index (χ1n) is 9.97. The first-order valence-corrected chi connectivity index (χ1v) is 11.5. The fourth-order valence-electron chi connectivity index (χ4n) is 3.06. The summed E-state index contributed by atoms with van der Waals surface area (Å²) in [4.78, 5) is 25.0. The van der Waals surface area contributed by atoms with E-state index in [0.717, 1.165) is 0 Å². The average molecular weight is 464 g/mol. The van der Waals surface area contributed by atoms with E-state index in [9.17, 15) is 18.0 Å². The molecule has 2 aromatic carbocycles. The summed E-state index contributed by atoms with van der Waals surface area (Å²) in [7, 11) is -2.65. The molecule has 0 bridgehead atoms. The van der Waals surface area contributed by atoms with Gasteiger partial charge in [-0.3, -0.25) is 9.59 Å². The van der Waals surface area contributed by atoms with Crippen molar-refractivity contribution in [3.8, 4) is 17.2 Å². The van der Waals surface area contributed by atoms with Gasteiger partial charge in [-0.2, -0.15) is 4.72 Å². The van der Waals surface area contributed by atoms with Gasteiger partial charge in [0, 0.05) is 6.07 Å². The van der Waals surface area contributed by atoms with Gasteiger partial charge >= 0.3 is 5.97 Å². The molecular formula is C22H25NO8S. The summed E-state index contributed by atoms with van der Waals surface area (Å²) in [5, 5.41) is 0. The molecule has 0 saturated carbocycles. The average Bonchev–Trinajstić information content (AvgIpc) is 2.80. The predicted molar refractivity (Wildman–Crippen MR) is 115 cm³/mol. The number of para-hydroxylation sites is 1. The van der Waals surface area contributed by atoms with Gasteiger partial charge in [0.15, 0.2) is 18.1 Å². The normalized spacial score (nSPS) is 14.0. The van der Waals surface area contributed by atoms with Crippen molar-refractivity contribution < 1.29 is 37.0 Å². The van der Waals surface area contributed by atoms with Gasteiger partial charge in [0.25, 0.3) is 0 Å². The van der Waals surface area contributed by atoms with Crippen LogP contribution in [0.2, 0.25) is 0 Å². The van der Waals surface area contributed by atoms with Crippen molar-refractivity contribution in [1.29, 1.82) is 0 Å². The van der Waals surface area contributed by atoms with Crippen molar-refractivity contribution in [2.24, 2.45) is 5.92 Å². The summed E-state index contributed by atoms with van der Waals surface area (Å²) >= 11 is 0. The third-order valence-electron chi connectivity index (χ3n) is 4.78. The van der Waals surface area contributed by atoms with Crippen LogP contribution in [0.4, 0.5) is 0 Å². The lowest BCUT2D eigenvalue weighted by Crippen LogP contribution is -2.45. The number of carbonyl (C=O) groups is 2. The fraction of sp³-hybridized carbons (Fsp3) is 0.364. The van der Waals surface area contributed by atoms with E-state index in [1.54, 1.807) is 38.1 Å². The molecule has 1 heterocycles. The Balaban J connectivity index is 1.70. The van der Waals surface area contributed by atoms with Gasteiger partial charge < -0.3 is 18.9 Å². The zero-order chi connectivity index (χ0) is 23.3. The number of carbonyl (C=O) groups excluding carboxylic acids is 2. The molecule has 1 aliphatic heterocycles. The topological polar surface area (TPSA) is 117 Å². The summed E-state index contributed by atoms with van der Waals surface area (Å²) in [5.74, 6) is -0.642. The number of sulfonamides is 1. The van der Waals surface area contributed by atoms with E-state index < -0.39 is 40.3 Å². The first kappa shape index (κ1) is 23.6. The summed E-state index contributed by atoms with van der Waals surface area (Å²) in [6.45, 7) is 3.48. The maximum Gasteiger partial charge on any atom is 0.324 e. The van der Waals surface area contributed by atoms with Crippen molar-refractivity contribution in [1.82, 2.24) is 4.72 Å². The Morgan fingerprint density at radius 3 is 2.44 bits per heavy atom. The molecule has 2 aromatic rings. The minimum absolute atomic E-state index is 0.0784. The molecule has 3 rings (SSSR count).